The zero-order valence-corrected chi connectivity index (χ0v) is 18.7. The van der Waals surface area contributed by atoms with E-state index in [-0.39, 0.29) is 29.6 Å². The number of aliphatic hydroxyl groups excluding tert-OH is 1. The summed E-state index contributed by atoms with van der Waals surface area (Å²) in [6.07, 6.45) is 1.96. The number of fused-ring (bicyclic) bond motifs is 1. The maximum atomic E-state index is 14.7. The fourth-order valence-electron chi connectivity index (χ4n) is 3.68. The first kappa shape index (κ1) is 21.9. The maximum Gasteiger partial charge on any atom is 0.223 e. The van der Waals surface area contributed by atoms with Gasteiger partial charge < -0.3 is 15.0 Å². The normalized spacial score (nSPS) is 20.3. The van der Waals surface area contributed by atoms with Crippen LogP contribution in [0.1, 0.15) is 12.2 Å². The molecule has 1 saturated heterocycles. The molecule has 166 valence electrons. The number of aliphatic hydroxyl groups is 1. The lowest BCUT2D eigenvalue weighted by Crippen LogP contribution is -2.51. The molecule has 0 amide bonds. The minimum Gasteiger partial charge on any atom is -0.390 e. The molecular weight excluding hydrogens is 447 g/mol. The minimum atomic E-state index is -3.37. The van der Waals surface area contributed by atoms with Crippen molar-refractivity contribution in [1.29, 1.82) is 0 Å². The average Bonchev–Trinajstić information content (AvgIpc) is 2.99. The molecule has 0 bridgehead atoms. The molecule has 0 aliphatic carbocycles. The third kappa shape index (κ3) is 4.22. The van der Waals surface area contributed by atoms with Crippen molar-refractivity contribution in [3.63, 3.8) is 0 Å². The van der Waals surface area contributed by atoms with Gasteiger partial charge in [-0.3, -0.25) is 0 Å². The van der Waals surface area contributed by atoms with Crippen molar-refractivity contribution >= 4 is 38.6 Å². The Bertz CT molecular complexity index is 1270. The first-order valence-electron chi connectivity index (χ1n) is 9.60. The molecule has 1 aliphatic rings. The standard InChI is InChI=1S/C19H22ClFN6O3S/c1-10-23-18-13(21)6-11(7-15(18)26(10)2)17-12(20)8-22-19(25-17)24-14-4-5-27(9-16(14)28)31(3,29)30/h6-8,14,16,28H,4-5,9H2,1-3H3,(H,22,24,25)/t14-,16-/m1/s1. The van der Waals surface area contributed by atoms with E-state index in [1.165, 1.54) is 16.6 Å². The number of rotatable bonds is 4. The Labute approximate surface area is 183 Å². The summed E-state index contributed by atoms with van der Waals surface area (Å²) in [7, 11) is -1.57. The topological polar surface area (TPSA) is 113 Å². The third-order valence-electron chi connectivity index (χ3n) is 5.51. The lowest BCUT2D eigenvalue weighted by molar-refractivity contribution is 0.0950. The Balaban J connectivity index is 1.63. The number of piperidine rings is 1. The molecule has 0 radical (unpaired) electrons. The third-order valence-corrected chi connectivity index (χ3v) is 7.06. The summed E-state index contributed by atoms with van der Waals surface area (Å²) < 4.78 is 41.1. The Kier molecular flexibility index (Phi) is 5.63. The van der Waals surface area contributed by atoms with Crippen molar-refractivity contribution in [3.8, 4) is 11.3 Å². The van der Waals surface area contributed by atoms with Gasteiger partial charge in [0.1, 0.15) is 11.3 Å². The Morgan fingerprint density at radius 2 is 2.06 bits per heavy atom. The number of imidazole rings is 1. The fraction of sp³-hybridized carbons (Fsp3) is 0.421. The SMILES string of the molecule is Cc1nc2c(F)cc(-c3nc(N[C@@H]4CCN(S(C)(=O)=O)C[C@H]4O)ncc3Cl)cc2n1C. The number of hydrogen-bond acceptors (Lipinski definition) is 7. The maximum absolute atomic E-state index is 14.7. The van der Waals surface area contributed by atoms with Gasteiger partial charge in [0.05, 0.1) is 40.8 Å². The highest BCUT2D eigenvalue weighted by Gasteiger charge is 2.32. The molecule has 4 rings (SSSR count). The van der Waals surface area contributed by atoms with E-state index in [1.54, 1.807) is 24.6 Å². The predicted octanol–water partition coefficient (Wildman–Crippen LogP) is 1.94. The van der Waals surface area contributed by atoms with E-state index in [2.05, 4.69) is 20.3 Å². The number of aryl methyl sites for hydroxylation is 2. The van der Waals surface area contributed by atoms with Gasteiger partial charge in [-0.2, -0.15) is 4.31 Å². The number of anilines is 1. The molecule has 2 atom stereocenters. The van der Waals surface area contributed by atoms with Crippen LogP contribution in [0, 0.1) is 12.7 Å². The van der Waals surface area contributed by atoms with Crippen LogP contribution >= 0.6 is 11.6 Å². The van der Waals surface area contributed by atoms with Crippen LogP contribution in [0.15, 0.2) is 18.3 Å². The molecule has 31 heavy (non-hydrogen) atoms. The lowest BCUT2D eigenvalue weighted by atomic mass is 10.0. The van der Waals surface area contributed by atoms with Crippen molar-refractivity contribution in [2.45, 2.75) is 25.5 Å². The van der Waals surface area contributed by atoms with E-state index in [9.17, 15) is 17.9 Å². The average molecular weight is 469 g/mol. The second kappa shape index (κ2) is 7.97. The molecule has 1 aliphatic heterocycles. The second-order valence-electron chi connectivity index (χ2n) is 7.66. The fourth-order valence-corrected chi connectivity index (χ4v) is 4.74. The van der Waals surface area contributed by atoms with Crippen LogP contribution in [0.5, 0.6) is 0 Å². The summed E-state index contributed by atoms with van der Waals surface area (Å²) in [4.78, 5) is 12.8. The van der Waals surface area contributed by atoms with Gasteiger partial charge >= 0.3 is 0 Å². The van der Waals surface area contributed by atoms with E-state index < -0.39 is 28.0 Å². The predicted molar refractivity (Wildman–Crippen MR) is 116 cm³/mol. The number of aromatic nitrogens is 4. The highest BCUT2D eigenvalue weighted by Crippen LogP contribution is 2.31. The molecule has 3 heterocycles. The van der Waals surface area contributed by atoms with Crippen LogP contribution in [0.2, 0.25) is 5.02 Å². The van der Waals surface area contributed by atoms with Gasteiger partial charge in [0.2, 0.25) is 16.0 Å². The Morgan fingerprint density at radius 1 is 1.32 bits per heavy atom. The van der Waals surface area contributed by atoms with Crippen molar-refractivity contribution < 1.29 is 17.9 Å². The zero-order valence-electron chi connectivity index (χ0n) is 17.2. The first-order chi connectivity index (χ1) is 14.5. The van der Waals surface area contributed by atoms with E-state index >= 15 is 0 Å². The molecule has 2 aromatic heterocycles. The Morgan fingerprint density at radius 3 is 2.74 bits per heavy atom. The van der Waals surface area contributed by atoms with Gasteiger partial charge in [-0.25, -0.2) is 27.8 Å². The second-order valence-corrected chi connectivity index (χ2v) is 10.1. The highest BCUT2D eigenvalue weighted by molar-refractivity contribution is 7.88. The van der Waals surface area contributed by atoms with E-state index in [4.69, 9.17) is 11.6 Å². The van der Waals surface area contributed by atoms with Crippen LogP contribution in [-0.2, 0) is 17.1 Å². The van der Waals surface area contributed by atoms with Crippen LogP contribution in [-0.4, -0.2) is 68.8 Å². The highest BCUT2D eigenvalue weighted by atomic mass is 35.5. The van der Waals surface area contributed by atoms with Crippen LogP contribution in [0.3, 0.4) is 0 Å². The number of nitrogens with one attached hydrogen (secondary N) is 1. The molecule has 9 nitrogen and oxygen atoms in total. The monoisotopic (exact) mass is 468 g/mol. The lowest BCUT2D eigenvalue weighted by Gasteiger charge is -2.34. The first-order valence-corrected chi connectivity index (χ1v) is 11.8. The largest absolute Gasteiger partial charge is 0.390 e. The van der Waals surface area contributed by atoms with Gasteiger partial charge in [0.15, 0.2) is 5.82 Å². The number of β-amino-alcohol motifs (C(OH)–C–C–N with tert-alkyl or cyclic N) is 1. The summed E-state index contributed by atoms with van der Waals surface area (Å²) in [5, 5.41) is 13.7. The summed E-state index contributed by atoms with van der Waals surface area (Å²) in [5.41, 5.74) is 1.69. The summed E-state index contributed by atoms with van der Waals surface area (Å²) in [6.45, 7) is 2.05. The summed E-state index contributed by atoms with van der Waals surface area (Å²) in [6, 6.07) is 2.65. The molecule has 3 aromatic rings. The molecule has 2 N–H and O–H groups in total. The van der Waals surface area contributed by atoms with Gasteiger partial charge in [0, 0.05) is 25.7 Å². The van der Waals surface area contributed by atoms with E-state index in [1.807, 2.05) is 0 Å². The Hall–Kier alpha value is -2.34. The smallest absolute Gasteiger partial charge is 0.223 e. The van der Waals surface area contributed by atoms with E-state index in [0.29, 0.717) is 29.0 Å². The molecule has 0 spiro atoms. The number of benzene rings is 1. The van der Waals surface area contributed by atoms with E-state index in [0.717, 1.165) is 6.26 Å². The molecular formula is C19H22ClFN6O3S. The number of hydrogen-bond donors (Lipinski definition) is 2. The number of sulfonamides is 1. The van der Waals surface area contributed by atoms with Gasteiger partial charge in [-0.15, -0.1) is 0 Å². The molecule has 0 saturated carbocycles. The van der Waals surface area contributed by atoms with Gasteiger partial charge in [-0.05, 0) is 25.5 Å². The number of nitrogens with zero attached hydrogens (tertiary/aromatic N) is 5. The quantitative estimate of drug-likeness (QED) is 0.601. The minimum absolute atomic E-state index is 0.0152. The van der Waals surface area contributed by atoms with Crippen LogP contribution < -0.4 is 5.32 Å². The van der Waals surface area contributed by atoms with Crippen LogP contribution in [0.4, 0.5) is 10.3 Å². The zero-order chi connectivity index (χ0) is 22.5. The molecule has 12 heteroatoms. The van der Waals surface area contributed by atoms with Gasteiger partial charge in [0.25, 0.3) is 0 Å². The molecule has 1 fully saturated rings. The van der Waals surface area contributed by atoms with Crippen LogP contribution in [0.25, 0.3) is 22.3 Å². The van der Waals surface area contributed by atoms with Crippen molar-refractivity contribution in [3.05, 3.63) is 35.0 Å². The number of halogens is 2. The van der Waals surface area contributed by atoms with Crippen molar-refractivity contribution in [2.75, 3.05) is 24.7 Å². The van der Waals surface area contributed by atoms with Crippen molar-refractivity contribution in [2.24, 2.45) is 7.05 Å². The van der Waals surface area contributed by atoms with Crippen molar-refractivity contribution in [1.82, 2.24) is 23.8 Å². The molecule has 0 unspecified atom stereocenters. The molecule has 1 aromatic carbocycles. The summed E-state index contributed by atoms with van der Waals surface area (Å²) in [5.74, 6) is 0.401. The summed E-state index contributed by atoms with van der Waals surface area (Å²) >= 11 is 6.30. The van der Waals surface area contributed by atoms with Gasteiger partial charge in [-0.1, -0.05) is 11.6 Å².